The van der Waals surface area contributed by atoms with Gasteiger partial charge in [-0.05, 0) is 38.2 Å². The zero-order valence-electron chi connectivity index (χ0n) is 13.1. The highest BCUT2D eigenvalue weighted by Crippen LogP contribution is 2.43. The van der Waals surface area contributed by atoms with Gasteiger partial charge in [-0.1, -0.05) is 18.2 Å². The Balaban J connectivity index is 1.55. The van der Waals surface area contributed by atoms with Crippen molar-refractivity contribution in [2.45, 2.75) is 38.1 Å². The molecule has 1 fully saturated rings. The molecule has 23 heavy (non-hydrogen) atoms. The number of nitrogens with one attached hydrogen (secondary N) is 1. The standard InChI is InChI=1S/C18H20N2O2S/c1-11-10-23-18(19-11)16(12-6-7-12)20-17(21)14-8-9-22-15-5-3-2-4-13(14)15/h2-5,10,12,14,16H,6-9H2,1H3,(H,20,21)/t14-,16-/m0/s1. The lowest BCUT2D eigenvalue weighted by atomic mass is 9.92. The fourth-order valence-corrected chi connectivity index (χ4v) is 4.13. The lowest BCUT2D eigenvalue weighted by molar-refractivity contribution is -0.124. The van der Waals surface area contributed by atoms with Gasteiger partial charge in [-0.15, -0.1) is 11.3 Å². The molecule has 0 saturated heterocycles. The van der Waals surface area contributed by atoms with Gasteiger partial charge in [0.15, 0.2) is 0 Å². The summed E-state index contributed by atoms with van der Waals surface area (Å²) in [5.74, 6) is 1.36. The zero-order valence-corrected chi connectivity index (χ0v) is 13.9. The normalized spacial score (nSPS) is 21.2. The Hall–Kier alpha value is -1.88. The van der Waals surface area contributed by atoms with Crippen LogP contribution in [-0.2, 0) is 4.79 Å². The number of aryl methyl sites for hydroxylation is 1. The Kier molecular flexibility index (Phi) is 3.81. The highest BCUT2D eigenvalue weighted by atomic mass is 32.1. The first-order valence-electron chi connectivity index (χ1n) is 8.16. The van der Waals surface area contributed by atoms with Gasteiger partial charge in [0.1, 0.15) is 10.8 Å². The van der Waals surface area contributed by atoms with Crippen molar-refractivity contribution in [2.75, 3.05) is 6.61 Å². The SMILES string of the molecule is Cc1csc([C@@H](NC(=O)[C@H]2CCOc3ccccc32)C2CC2)n1. The van der Waals surface area contributed by atoms with Crippen molar-refractivity contribution in [3.63, 3.8) is 0 Å². The number of thiazole rings is 1. The Bertz CT molecular complexity index is 723. The smallest absolute Gasteiger partial charge is 0.228 e. The van der Waals surface area contributed by atoms with Crippen molar-refractivity contribution >= 4 is 17.2 Å². The van der Waals surface area contributed by atoms with Crippen LogP contribution < -0.4 is 10.1 Å². The van der Waals surface area contributed by atoms with Gasteiger partial charge in [0.05, 0.1) is 18.6 Å². The molecule has 1 aliphatic heterocycles. The summed E-state index contributed by atoms with van der Waals surface area (Å²) in [4.78, 5) is 17.5. The lowest BCUT2D eigenvalue weighted by Crippen LogP contribution is -2.36. The number of amides is 1. The second kappa shape index (κ2) is 5.96. The van der Waals surface area contributed by atoms with Crippen molar-refractivity contribution in [3.05, 3.63) is 45.9 Å². The molecule has 1 amide bonds. The van der Waals surface area contributed by atoms with Gasteiger partial charge in [-0.2, -0.15) is 0 Å². The quantitative estimate of drug-likeness (QED) is 0.933. The summed E-state index contributed by atoms with van der Waals surface area (Å²) < 4.78 is 5.67. The highest BCUT2D eigenvalue weighted by Gasteiger charge is 2.37. The van der Waals surface area contributed by atoms with Crippen molar-refractivity contribution in [1.82, 2.24) is 10.3 Å². The number of hydrogen-bond acceptors (Lipinski definition) is 4. The minimum atomic E-state index is -0.123. The largest absolute Gasteiger partial charge is 0.493 e. The molecule has 1 aromatic carbocycles. The number of hydrogen-bond donors (Lipinski definition) is 1. The molecule has 120 valence electrons. The second-order valence-electron chi connectivity index (χ2n) is 6.38. The molecule has 1 N–H and O–H groups in total. The van der Waals surface area contributed by atoms with Gasteiger partial charge in [-0.3, -0.25) is 4.79 Å². The highest BCUT2D eigenvalue weighted by molar-refractivity contribution is 7.09. The molecule has 0 spiro atoms. The summed E-state index contributed by atoms with van der Waals surface area (Å²) in [7, 11) is 0. The van der Waals surface area contributed by atoms with E-state index in [1.165, 1.54) is 12.8 Å². The van der Waals surface area contributed by atoms with E-state index in [2.05, 4.69) is 15.7 Å². The van der Waals surface area contributed by atoms with Gasteiger partial charge in [0.2, 0.25) is 5.91 Å². The van der Waals surface area contributed by atoms with Crippen LogP contribution in [0, 0.1) is 12.8 Å². The summed E-state index contributed by atoms with van der Waals surface area (Å²) >= 11 is 1.65. The van der Waals surface area contributed by atoms with Gasteiger partial charge in [-0.25, -0.2) is 4.98 Å². The van der Waals surface area contributed by atoms with E-state index in [-0.39, 0.29) is 17.9 Å². The fraction of sp³-hybridized carbons (Fsp3) is 0.444. The average molecular weight is 328 g/mol. The first-order chi connectivity index (χ1) is 11.2. The molecule has 4 nitrogen and oxygen atoms in total. The molecule has 2 heterocycles. The third-order valence-corrected chi connectivity index (χ3v) is 5.61. The Morgan fingerprint density at radius 3 is 2.91 bits per heavy atom. The summed E-state index contributed by atoms with van der Waals surface area (Å²) in [6.07, 6.45) is 3.08. The van der Waals surface area contributed by atoms with E-state index < -0.39 is 0 Å². The summed E-state index contributed by atoms with van der Waals surface area (Å²) in [5, 5.41) is 6.37. The summed E-state index contributed by atoms with van der Waals surface area (Å²) in [5.41, 5.74) is 2.03. The molecule has 1 aromatic heterocycles. The monoisotopic (exact) mass is 328 g/mol. The molecule has 0 bridgehead atoms. The first-order valence-corrected chi connectivity index (χ1v) is 9.04. The number of aromatic nitrogens is 1. The maximum absolute atomic E-state index is 12.9. The zero-order chi connectivity index (χ0) is 15.8. The van der Waals surface area contributed by atoms with Crippen LogP contribution >= 0.6 is 11.3 Å². The first kappa shape index (κ1) is 14.7. The van der Waals surface area contributed by atoms with Gasteiger partial charge in [0.25, 0.3) is 0 Å². The number of fused-ring (bicyclic) bond motifs is 1. The van der Waals surface area contributed by atoms with Crippen molar-refractivity contribution in [1.29, 1.82) is 0 Å². The fourth-order valence-electron chi connectivity index (χ4n) is 3.19. The maximum Gasteiger partial charge on any atom is 0.228 e. The Morgan fingerprint density at radius 1 is 1.35 bits per heavy atom. The molecular formula is C18H20N2O2S. The van der Waals surface area contributed by atoms with Crippen LogP contribution in [-0.4, -0.2) is 17.5 Å². The molecule has 2 aromatic rings. The number of ether oxygens (including phenoxy) is 1. The minimum absolute atomic E-state index is 0.0659. The predicted octanol–water partition coefficient (Wildman–Crippen LogP) is 3.59. The number of carbonyl (C=O) groups is 1. The van der Waals surface area contributed by atoms with Crippen LogP contribution in [0.4, 0.5) is 0 Å². The van der Waals surface area contributed by atoms with E-state index in [0.717, 1.165) is 28.4 Å². The van der Waals surface area contributed by atoms with Gasteiger partial charge >= 0.3 is 0 Å². The molecule has 1 aliphatic carbocycles. The summed E-state index contributed by atoms with van der Waals surface area (Å²) in [6.45, 7) is 2.60. The van der Waals surface area contributed by atoms with Crippen LogP contribution in [0.15, 0.2) is 29.6 Å². The maximum atomic E-state index is 12.9. The predicted molar refractivity (Wildman–Crippen MR) is 89.8 cm³/mol. The molecule has 0 radical (unpaired) electrons. The third-order valence-electron chi connectivity index (χ3n) is 4.57. The number of rotatable bonds is 4. The van der Waals surface area contributed by atoms with Gasteiger partial charge in [0, 0.05) is 16.6 Å². The molecule has 0 unspecified atom stereocenters. The van der Waals surface area contributed by atoms with Crippen LogP contribution in [0.2, 0.25) is 0 Å². The molecule has 4 rings (SSSR count). The number of para-hydroxylation sites is 1. The summed E-state index contributed by atoms with van der Waals surface area (Å²) in [6, 6.07) is 7.92. The lowest BCUT2D eigenvalue weighted by Gasteiger charge is -2.27. The molecule has 1 saturated carbocycles. The van der Waals surface area contributed by atoms with E-state index in [1.54, 1.807) is 11.3 Å². The van der Waals surface area contributed by atoms with Crippen molar-refractivity contribution in [2.24, 2.45) is 5.92 Å². The van der Waals surface area contributed by atoms with Crippen LogP contribution in [0.1, 0.15) is 47.5 Å². The molecule has 2 atom stereocenters. The average Bonchev–Trinajstić information content (AvgIpc) is 3.33. The molecule has 2 aliphatic rings. The topological polar surface area (TPSA) is 51.2 Å². The van der Waals surface area contributed by atoms with E-state index in [4.69, 9.17) is 4.74 Å². The number of benzene rings is 1. The molecule has 5 heteroatoms. The van der Waals surface area contributed by atoms with E-state index in [1.807, 2.05) is 31.2 Å². The van der Waals surface area contributed by atoms with E-state index in [0.29, 0.717) is 12.5 Å². The van der Waals surface area contributed by atoms with Crippen molar-refractivity contribution < 1.29 is 9.53 Å². The number of nitrogens with zero attached hydrogens (tertiary/aromatic N) is 1. The number of carbonyl (C=O) groups excluding carboxylic acids is 1. The molecular weight excluding hydrogens is 308 g/mol. The Labute approximate surface area is 139 Å². The van der Waals surface area contributed by atoms with Crippen LogP contribution in [0.3, 0.4) is 0 Å². The minimum Gasteiger partial charge on any atom is -0.493 e. The van der Waals surface area contributed by atoms with E-state index in [9.17, 15) is 4.79 Å². The van der Waals surface area contributed by atoms with Crippen LogP contribution in [0.5, 0.6) is 5.75 Å². The van der Waals surface area contributed by atoms with E-state index >= 15 is 0 Å². The van der Waals surface area contributed by atoms with Crippen molar-refractivity contribution in [3.8, 4) is 5.75 Å². The van der Waals surface area contributed by atoms with Crippen LogP contribution in [0.25, 0.3) is 0 Å². The second-order valence-corrected chi connectivity index (χ2v) is 7.27. The van der Waals surface area contributed by atoms with Gasteiger partial charge < -0.3 is 10.1 Å². The Morgan fingerprint density at radius 2 is 2.17 bits per heavy atom. The third kappa shape index (κ3) is 2.98.